The van der Waals surface area contributed by atoms with Gasteiger partial charge in [0.05, 0.1) is 38.5 Å². The highest BCUT2D eigenvalue weighted by molar-refractivity contribution is 6.45. The average Bonchev–Trinajstić information content (AvgIpc) is 3.09. The van der Waals surface area contributed by atoms with E-state index in [1.165, 1.54) is 24.3 Å². The number of ether oxygens (including phenoxy) is 2. The monoisotopic (exact) mass is 666 g/mol. The molecule has 0 fully saturated rings. The predicted molar refractivity (Wildman–Crippen MR) is 181 cm³/mol. The van der Waals surface area contributed by atoms with E-state index in [1.54, 1.807) is 91.0 Å². The molecule has 0 radical (unpaired) electrons. The van der Waals surface area contributed by atoms with Gasteiger partial charge in [0.25, 0.3) is 0 Å². The van der Waals surface area contributed by atoms with Crippen molar-refractivity contribution in [3.63, 3.8) is 0 Å². The fourth-order valence-electron chi connectivity index (χ4n) is 5.15. The first-order valence-electron chi connectivity index (χ1n) is 14.4. The average molecular weight is 668 g/mol. The van der Waals surface area contributed by atoms with Crippen LogP contribution in [0.5, 0.6) is 11.5 Å². The number of para-hydroxylation sites is 2. The second kappa shape index (κ2) is 14.9. The van der Waals surface area contributed by atoms with Crippen molar-refractivity contribution in [2.24, 2.45) is 5.73 Å². The molecule has 2 atom stereocenters. The molecule has 0 spiro atoms. The van der Waals surface area contributed by atoms with Crippen molar-refractivity contribution in [3.8, 4) is 22.6 Å². The van der Waals surface area contributed by atoms with Gasteiger partial charge in [0.1, 0.15) is 17.8 Å². The van der Waals surface area contributed by atoms with E-state index in [-0.39, 0.29) is 55.7 Å². The standard InChI is InChI=1S/C37H28Cl2N2O6/c38-31-27(17-18-28(32(31)39)36(44)46-23-12-6-2-7-13-23)26-16-19-29(37(45)47-24-14-8-3-9-15-24)33(40)30(26)35(43)34(41)25(20-21-42)22-10-4-1-5-11-22/h1-19,21,25,34H,20,40-41H2. The maximum absolute atomic E-state index is 14.3. The Balaban J connectivity index is 1.61. The van der Waals surface area contributed by atoms with Crippen LogP contribution in [0.4, 0.5) is 5.69 Å². The number of halogens is 2. The van der Waals surface area contributed by atoms with E-state index in [0.717, 1.165) is 0 Å². The number of ketones is 1. The van der Waals surface area contributed by atoms with Gasteiger partial charge in [-0.2, -0.15) is 0 Å². The highest BCUT2D eigenvalue weighted by Crippen LogP contribution is 2.41. The lowest BCUT2D eigenvalue weighted by molar-refractivity contribution is -0.108. The number of benzene rings is 5. The van der Waals surface area contributed by atoms with E-state index < -0.39 is 29.7 Å². The smallest absolute Gasteiger partial charge is 0.345 e. The number of hydrogen-bond acceptors (Lipinski definition) is 8. The molecule has 0 bridgehead atoms. The number of Topliss-reactive ketones (excluding diaryl/α,β-unsaturated/α-hetero) is 1. The summed E-state index contributed by atoms with van der Waals surface area (Å²) in [5.41, 5.74) is 13.8. The van der Waals surface area contributed by atoms with Crippen molar-refractivity contribution >= 4 is 52.9 Å². The summed E-state index contributed by atoms with van der Waals surface area (Å²) in [5, 5.41) is -0.189. The summed E-state index contributed by atoms with van der Waals surface area (Å²) < 4.78 is 10.9. The maximum Gasteiger partial charge on any atom is 0.345 e. The summed E-state index contributed by atoms with van der Waals surface area (Å²) in [6.07, 6.45) is 0.638. The van der Waals surface area contributed by atoms with E-state index in [4.69, 9.17) is 44.1 Å². The molecular weight excluding hydrogens is 639 g/mol. The Kier molecular flexibility index (Phi) is 10.5. The zero-order chi connectivity index (χ0) is 33.5. The number of esters is 2. The second-order valence-electron chi connectivity index (χ2n) is 10.5. The number of carbonyl (C=O) groups excluding carboxylic acids is 4. The normalized spacial score (nSPS) is 12.1. The third-order valence-corrected chi connectivity index (χ3v) is 8.41. The van der Waals surface area contributed by atoms with Crippen molar-refractivity contribution in [3.05, 3.63) is 148 Å². The van der Waals surface area contributed by atoms with Gasteiger partial charge < -0.3 is 25.7 Å². The minimum atomic E-state index is -1.25. The molecule has 0 saturated heterocycles. The molecule has 5 aromatic carbocycles. The first-order chi connectivity index (χ1) is 22.7. The third-order valence-electron chi connectivity index (χ3n) is 7.53. The fraction of sp³-hybridized carbons (Fsp3) is 0.0811. The van der Waals surface area contributed by atoms with Gasteiger partial charge in [-0.1, -0.05) is 102 Å². The number of hydrogen-bond donors (Lipinski definition) is 2. The highest BCUT2D eigenvalue weighted by Gasteiger charge is 2.32. The van der Waals surface area contributed by atoms with E-state index in [0.29, 0.717) is 17.6 Å². The van der Waals surface area contributed by atoms with Crippen LogP contribution >= 0.6 is 23.2 Å². The van der Waals surface area contributed by atoms with Gasteiger partial charge >= 0.3 is 11.9 Å². The summed E-state index contributed by atoms with van der Waals surface area (Å²) in [7, 11) is 0. The molecular formula is C37H28Cl2N2O6. The second-order valence-corrected chi connectivity index (χ2v) is 11.2. The van der Waals surface area contributed by atoms with Crippen LogP contribution < -0.4 is 20.9 Å². The topological polar surface area (TPSA) is 139 Å². The van der Waals surface area contributed by atoms with Crippen molar-refractivity contribution < 1.29 is 28.7 Å². The lowest BCUT2D eigenvalue weighted by atomic mass is 9.82. The zero-order valence-corrected chi connectivity index (χ0v) is 26.3. The molecule has 8 nitrogen and oxygen atoms in total. The Morgan fingerprint density at radius 2 is 1.15 bits per heavy atom. The van der Waals surface area contributed by atoms with Crippen LogP contribution in [0.1, 0.15) is 49.0 Å². The zero-order valence-electron chi connectivity index (χ0n) is 24.8. The summed E-state index contributed by atoms with van der Waals surface area (Å²) in [6, 6.07) is 30.2. The molecule has 47 heavy (non-hydrogen) atoms. The minimum absolute atomic E-state index is 0.0139. The van der Waals surface area contributed by atoms with Crippen LogP contribution in [0.2, 0.25) is 10.0 Å². The van der Waals surface area contributed by atoms with E-state index >= 15 is 0 Å². The Morgan fingerprint density at radius 1 is 0.660 bits per heavy atom. The Morgan fingerprint density at radius 3 is 1.70 bits per heavy atom. The summed E-state index contributed by atoms with van der Waals surface area (Å²) >= 11 is 13.3. The van der Waals surface area contributed by atoms with Gasteiger partial charge in [0.15, 0.2) is 5.78 Å². The summed E-state index contributed by atoms with van der Waals surface area (Å²) in [5.74, 6) is -2.33. The van der Waals surface area contributed by atoms with E-state index in [9.17, 15) is 19.2 Å². The molecule has 10 heteroatoms. The van der Waals surface area contributed by atoms with Gasteiger partial charge in [-0.25, -0.2) is 9.59 Å². The van der Waals surface area contributed by atoms with Crippen LogP contribution in [0, 0.1) is 0 Å². The van der Waals surface area contributed by atoms with E-state index in [1.807, 2.05) is 0 Å². The molecule has 0 saturated carbocycles. The van der Waals surface area contributed by atoms with Crippen LogP contribution in [0.25, 0.3) is 11.1 Å². The molecule has 4 N–H and O–H groups in total. The van der Waals surface area contributed by atoms with Crippen LogP contribution in [0.3, 0.4) is 0 Å². The molecule has 5 rings (SSSR count). The molecule has 0 aliphatic rings. The van der Waals surface area contributed by atoms with E-state index in [2.05, 4.69) is 0 Å². The SMILES string of the molecule is Nc1c(C(=O)Oc2ccccc2)ccc(-c2ccc(C(=O)Oc3ccccc3)c(Cl)c2Cl)c1C(=O)C(N)C(CC=O)c1ccccc1. The highest BCUT2D eigenvalue weighted by atomic mass is 35.5. The van der Waals surface area contributed by atoms with Gasteiger partial charge in [0.2, 0.25) is 0 Å². The van der Waals surface area contributed by atoms with Gasteiger partial charge in [-0.05, 0) is 47.5 Å². The molecule has 5 aromatic rings. The van der Waals surface area contributed by atoms with Crippen LogP contribution in [-0.2, 0) is 4.79 Å². The number of anilines is 1. The van der Waals surface area contributed by atoms with Gasteiger partial charge in [-0.3, -0.25) is 4.79 Å². The largest absolute Gasteiger partial charge is 0.423 e. The first-order valence-corrected chi connectivity index (χ1v) is 15.2. The number of nitrogens with two attached hydrogens (primary N) is 2. The molecule has 0 aromatic heterocycles. The van der Waals surface area contributed by atoms with Crippen molar-refractivity contribution in [1.82, 2.24) is 0 Å². The van der Waals surface area contributed by atoms with Crippen LogP contribution in [-0.4, -0.2) is 30.0 Å². The van der Waals surface area contributed by atoms with Crippen molar-refractivity contribution in [1.29, 1.82) is 0 Å². The number of aldehydes is 1. The number of nitrogen functional groups attached to an aromatic ring is 1. The third kappa shape index (κ3) is 7.26. The number of carbonyl (C=O) groups is 4. The van der Waals surface area contributed by atoms with Gasteiger partial charge in [0, 0.05) is 17.9 Å². The molecule has 236 valence electrons. The van der Waals surface area contributed by atoms with Crippen molar-refractivity contribution in [2.75, 3.05) is 5.73 Å². The molecule has 0 aliphatic heterocycles. The van der Waals surface area contributed by atoms with Gasteiger partial charge in [-0.15, -0.1) is 0 Å². The minimum Gasteiger partial charge on any atom is -0.423 e. The Bertz CT molecular complexity index is 1940. The first kappa shape index (κ1) is 33.1. The molecule has 0 aliphatic carbocycles. The Hall–Kier alpha value is -5.28. The lowest BCUT2D eigenvalue weighted by Gasteiger charge is -2.24. The van der Waals surface area contributed by atoms with Crippen LogP contribution in [0.15, 0.2) is 115 Å². The summed E-state index contributed by atoms with van der Waals surface area (Å²) in [4.78, 5) is 52.3. The maximum atomic E-state index is 14.3. The van der Waals surface area contributed by atoms with Crippen molar-refractivity contribution in [2.45, 2.75) is 18.4 Å². The quantitative estimate of drug-likeness (QED) is 0.0484. The molecule has 2 unspecified atom stereocenters. The number of rotatable bonds is 11. The Labute approximate surface area is 280 Å². The fourth-order valence-corrected chi connectivity index (χ4v) is 5.66. The predicted octanol–water partition coefficient (Wildman–Crippen LogP) is 7.56. The molecule has 0 heterocycles. The summed E-state index contributed by atoms with van der Waals surface area (Å²) in [6.45, 7) is 0. The lowest BCUT2D eigenvalue weighted by Crippen LogP contribution is -2.38. The molecule has 0 amide bonds.